The molecule has 0 aliphatic carbocycles. The molecule has 122 valence electrons. The number of hydrogen-bond acceptors (Lipinski definition) is 3. The van der Waals surface area contributed by atoms with Gasteiger partial charge in [0.1, 0.15) is 0 Å². The van der Waals surface area contributed by atoms with Crippen molar-refractivity contribution in [2.75, 3.05) is 13.2 Å². The molecule has 4 nitrogen and oxygen atoms in total. The van der Waals surface area contributed by atoms with Crippen LogP contribution in [0.2, 0.25) is 0 Å². The van der Waals surface area contributed by atoms with E-state index >= 15 is 0 Å². The normalized spacial score (nSPS) is 30.0. The Balaban J connectivity index is 2.04. The van der Waals surface area contributed by atoms with Crippen LogP contribution in [0, 0.1) is 0 Å². The highest BCUT2D eigenvalue weighted by Crippen LogP contribution is 2.34. The van der Waals surface area contributed by atoms with Crippen molar-refractivity contribution in [2.24, 2.45) is 0 Å². The number of amides is 1. The standard InChI is InChI=1S/C17H32N2O2/c1-5-17(6-2)12-14(9-11-21-17)19-10-7-8-15(16(19)20)18-13(3)4/h13-15,18H,5-12H2,1-4H3. The van der Waals surface area contributed by atoms with Gasteiger partial charge in [0.05, 0.1) is 11.6 Å². The van der Waals surface area contributed by atoms with Gasteiger partial charge in [-0.05, 0) is 38.5 Å². The quantitative estimate of drug-likeness (QED) is 0.848. The number of nitrogens with one attached hydrogen (secondary N) is 1. The zero-order valence-corrected chi connectivity index (χ0v) is 14.2. The van der Waals surface area contributed by atoms with Gasteiger partial charge in [0.15, 0.2) is 0 Å². The summed E-state index contributed by atoms with van der Waals surface area (Å²) in [5.74, 6) is 0.308. The Morgan fingerprint density at radius 2 is 2.05 bits per heavy atom. The first kappa shape index (κ1) is 16.8. The van der Waals surface area contributed by atoms with Crippen molar-refractivity contribution in [2.45, 2.75) is 89.9 Å². The Bertz CT molecular complexity index is 353. The molecule has 2 aliphatic heterocycles. The molecule has 2 fully saturated rings. The van der Waals surface area contributed by atoms with Crippen LogP contribution in [0.15, 0.2) is 0 Å². The molecule has 0 aromatic rings. The number of ether oxygens (including phenoxy) is 1. The third kappa shape index (κ3) is 3.78. The summed E-state index contributed by atoms with van der Waals surface area (Å²) in [6, 6.07) is 0.737. The summed E-state index contributed by atoms with van der Waals surface area (Å²) >= 11 is 0. The van der Waals surface area contributed by atoms with Crippen molar-refractivity contribution in [3.05, 3.63) is 0 Å². The Morgan fingerprint density at radius 3 is 2.67 bits per heavy atom. The van der Waals surface area contributed by atoms with E-state index in [1.54, 1.807) is 0 Å². The maximum atomic E-state index is 12.8. The van der Waals surface area contributed by atoms with Gasteiger partial charge in [-0.15, -0.1) is 0 Å². The third-order valence-electron chi connectivity index (χ3n) is 5.20. The summed E-state index contributed by atoms with van der Waals surface area (Å²) in [4.78, 5) is 14.9. The van der Waals surface area contributed by atoms with Crippen molar-refractivity contribution in [1.82, 2.24) is 10.2 Å². The number of nitrogens with zero attached hydrogens (tertiary/aromatic N) is 1. The molecule has 0 saturated carbocycles. The molecule has 2 unspecified atom stereocenters. The van der Waals surface area contributed by atoms with Gasteiger partial charge in [-0.25, -0.2) is 0 Å². The minimum atomic E-state index is -0.0123. The lowest BCUT2D eigenvalue weighted by atomic mass is 9.84. The van der Waals surface area contributed by atoms with Crippen molar-refractivity contribution in [1.29, 1.82) is 0 Å². The molecule has 1 amide bonds. The SMILES string of the molecule is CCC1(CC)CC(N2CCCC(NC(C)C)C2=O)CCO1. The van der Waals surface area contributed by atoms with E-state index in [4.69, 9.17) is 4.74 Å². The minimum absolute atomic E-state index is 0.0123. The second kappa shape index (κ2) is 7.10. The summed E-state index contributed by atoms with van der Waals surface area (Å²) in [6.07, 6.45) is 6.15. The monoisotopic (exact) mass is 296 g/mol. The number of likely N-dealkylation sites (tertiary alicyclic amines) is 1. The molecule has 2 atom stereocenters. The summed E-state index contributed by atoms with van der Waals surface area (Å²) in [5, 5.41) is 3.43. The molecule has 21 heavy (non-hydrogen) atoms. The fourth-order valence-corrected chi connectivity index (χ4v) is 3.83. The molecule has 4 heteroatoms. The molecule has 2 heterocycles. The maximum absolute atomic E-state index is 12.8. The first-order chi connectivity index (χ1) is 10.0. The van der Waals surface area contributed by atoms with Crippen LogP contribution in [0.1, 0.15) is 66.2 Å². The number of carbonyl (C=O) groups excluding carboxylic acids is 1. The van der Waals surface area contributed by atoms with E-state index in [0.717, 1.165) is 51.7 Å². The zero-order chi connectivity index (χ0) is 15.5. The Morgan fingerprint density at radius 1 is 1.33 bits per heavy atom. The lowest BCUT2D eigenvalue weighted by Gasteiger charge is -2.46. The summed E-state index contributed by atoms with van der Waals surface area (Å²) < 4.78 is 6.06. The van der Waals surface area contributed by atoms with Crippen LogP contribution >= 0.6 is 0 Å². The number of hydrogen-bond donors (Lipinski definition) is 1. The molecule has 0 aromatic carbocycles. The molecule has 2 rings (SSSR count). The van der Waals surface area contributed by atoms with E-state index in [2.05, 4.69) is 37.9 Å². The molecule has 0 radical (unpaired) electrons. The summed E-state index contributed by atoms with van der Waals surface area (Å²) in [7, 11) is 0. The van der Waals surface area contributed by atoms with E-state index in [9.17, 15) is 4.79 Å². The smallest absolute Gasteiger partial charge is 0.239 e. The van der Waals surface area contributed by atoms with Gasteiger partial charge in [-0.2, -0.15) is 0 Å². The molecule has 2 saturated heterocycles. The maximum Gasteiger partial charge on any atom is 0.239 e. The van der Waals surface area contributed by atoms with Crippen LogP contribution in [0.25, 0.3) is 0 Å². The minimum Gasteiger partial charge on any atom is -0.375 e. The van der Waals surface area contributed by atoms with Gasteiger partial charge in [0.25, 0.3) is 0 Å². The summed E-state index contributed by atoms with van der Waals surface area (Å²) in [5.41, 5.74) is -0.0123. The van der Waals surface area contributed by atoms with Crippen LogP contribution < -0.4 is 5.32 Å². The first-order valence-corrected chi connectivity index (χ1v) is 8.72. The van der Waals surface area contributed by atoms with Crippen molar-refractivity contribution < 1.29 is 9.53 Å². The number of piperidine rings is 1. The van der Waals surface area contributed by atoms with E-state index in [0.29, 0.717) is 18.0 Å². The number of rotatable bonds is 5. The topological polar surface area (TPSA) is 41.6 Å². The molecule has 0 aromatic heterocycles. The zero-order valence-electron chi connectivity index (χ0n) is 14.2. The van der Waals surface area contributed by atoms with Gasteiger partial charge in [0, 0.05) is 25.2 Å². The van der Waals surface area contributed by atoms with Crippen molar-refractivity contribution >= 4 is 5.91 Å². The predicted molar refractivity (Wildman–Crippen MR) is 85.3 cm³/mol. The van der Waals surface area contributed by atoms with Gasteiger partial charge in [0.2, 0.25) is 5.91 Å². The second-order valence-electron chi connectivity index (χ2n) is 6.93. The largest absolute Gasteiger partial charge is 0.375 e. The highest BCUT2D eigenvalue weighted by Gasteiger charge is 2.40. The van der Waals surface area contributed by atoms with E-state index < -0.39 is 0 Å². The van der Waals surface area contributed by atoms with Gasteiger partial charge in [-0.3, -0.25) is 4.79 Å². The summed E-state index contributed by atoms with van der Waals surface area (Å²) in [6.45, 7) is 10.3. The highest BCUT2D eigenvalue weighted by molar-refractivity contribution is 5.83. The molecule has 0 bridgehead atoms. The lowest BCUT2D eigenvalue weighted by Crippen LogP contribution is -2.58. The number of carbonyl (C=O) groups is 1. The van der Waals surface area contributed by atoms with Crippen LogP contribution in [0.5, 0.6) is 0 Å². The van der Waals surface area contributed by atoms with Gasteiger partial charge in [-0.1, -0.05) is 27.7 Å². The third-order valence-corrected chi connectivity index (χ3v) is 5.20. The highest BCUT2D eigenvalue weighted by atomic mass is 16.5. The molecule has 2 aliphatic rings. The van der Waals surface area contributed by atoms with E-state index in [1.165, 1.54) is 0 Å². The predicted octanol–water partition coefficient (Wildman–Crippen LogP) is 2.71. The van der Waals surface area contributed by atoms with E-state index in [1.807, 2.05) is 0 Å². The average molecular weight is 296 g/mol. The fraction of sp³-hybridized carbons (Fsp3) is 0.941. The molecular weight excluding hydrogens is 264 g/mol. The van der Waals surface area contributed by atoms with Crippen LogP contribution in [-0.2, 0) is 9.53 Å². The Labute approximate surface area is 129 Å². The van der Waals surface area contributed by atoms with E-state index in [-0.39, 0.29) is 11.6 Å². The molecule has 0 spiro atoms. The Hall–Kier alpha value is -0.610. The lowest BCUT2D eigenvalue weighted by molar-refractivity contribution is -0.149. The van der Waals surface area contributed by atoms with Crippen molar-refractivity contribution in [3.63, 3.8) is 0 Å². The Kier molecular flexibility index (Phi) is 5.67. The first-order valence-electron chi connectivity index (χ1n) is 8.72. The van der Waals surface area contributed by atoms with Crippen LogP contribution in [-0.4, -0.2) is 47.7 Å². The second-order valence-corrected chi connectivity index (χ2v) is 6.93. The van der Waals surface area contributed by atoms with Gasteiger partial charge < -0.3 is 15.0 Å². The fourth-order valence-electron chi connectivity index (χ4n) is 3.83. The average Bonchev–Trinajstić information content (AvgIpc) is 2.49. The van der Waals surface area contributed by atoms with Crippen LogP contribution in [0.3, 0.4) is 0 Å². The van der Waals surface area contributed by atoms with Crippen LogP contribution in [0.4, 0.5) is 0 Å². The van der Waals surface area contributed by atoms with Gasteiger partial charge >= 0.3 is 0 Å². The molecule has 1 N–H and O–H groups in total. The molecular formula is C17H32N2O2. The van der Waals surface area contributed by atoms with Crippen molar-refractivity contribution in [3.8, 4) is 0 Å².